The second-order valence-corrected chi connectivity index (χ2v) is 3.00. The second-order valence-electron chi connectivity index (χ2n) is 3.00. The lowest BCUT2D eigenvalue weighted by molar-refractivity contribution is 0.0174. The van der Waals surface area contributed by atoms with Gasteiger partial charge >= 0.3 is 5.97 Å². The molecule has 0 aromatic heterocycles. The lowest BCUT2D eigenvalue weighted by Crippen LogP contribution is -2.10. The molecule has 3 N–H and O–H groups in total. The maximum Gasteiger partial charge on any atom is 0.337 e. The number of anilines is 1. The fraction of sp³-hybridized carbons (Fsp3) is 0.222. The van der Waals surface area contributed by atoms with Crippen LogP contribution >= 0.6 is 0 Å². The van der Waals surface area contributed by atoms with Crippen LogP contribution in [0.25, 0.3) is 0 Å². The summed E-state index contributed by atoms with van der Waals surface area (Å²) >= 11 is 0. The molecule has 0 bridgehead atoms. The van der Waals surface area contributed by atoms with Crippen LogP contribution in [0.2, 0.25) is 0 Å². The summed E-state index contributed by atoms with van der Waals surface area (Å²) in [7, 11) is 0. The molecule has 5 heteroatoms. The maximum atomic E-state index is 12.8. The molecule has 1 rings (SSSR count). The fourth-order valence-electron chi connectivity index (χ4n) is 1.03. The van der Waals surface area contributed by atoms with Gasteiger partial charge in [-0.15, -0.1) is 0 Å². The largest absolute Gasteiger partial charge is 0.478 e. The zero-order valence-electron chi connectivity index (χ0n) is 7.42. The SMILES string of the molecule is CC(F)(F)c1ccc(C(=O)O)c(N)c1. The zero-order chi connectivity index (χ0) is 10.9. The number of nitrogens with two attached hydrogens (primary N) is 1. The van der Waals surface area contributed by atoms with Gasteiger partial charge in [0.15, 0.2) is 0 Å². The molecule has 0 atom stereocenters. The van der Waals surface area contributed by atoms with Gasteiger partial charge in [0, 0.05) is 18.2 Å². The van der Waals surface area contributed by atoms with Gasteiger partial charge in [0.25, 0.3) is 5.92 Å². The number of hydrogen-bond donors (Lipinski definition) is 2. The van der Waals surface area contributed by atoms with Crippen molar-refractivity contribution in [2.24, 2.45) is 0 Å². The van der Waals surface area contributed by atoms with E-state index in [1.165, 1.54) is 0 Å². The Kier molecular flexibility index (Phi) is 2.42. The van der Waals surface area contributed by atoms with Gasteiger partial charge < -0.3 is 10.8 Å². The van der Waals surface area contributed by atoms with E-state index in [-0.39, 0.29) is 16.8 Å². The number of aromatic carboxylic acids is 1. The standard InChI is InChI=1S/C9H9F2NO2/c1-9(10,11)5-2-3-6(8(13)14)7(12)4-5/h2-4H,12H2,1H3,(H,13,14). The summed E-state index contributed by atoms with van der Waals surface area (Å²) < 4.78 is 25.5. The third kappa shape index (κ3) is 1.99. The minimum Gasteiger partial charge on any atom is -0.478 e. The van der Waals surface area contributed by atoms with Crippen molar-refractivity contribution in [1.29, 1.82) is 0 Å². The molecule has 14 heavy (non-hydrogen) atoms. The van der Waals surface area contributed by atoms with Gasteiger partial charge in [0.2, 0.25) is 0 Å². The molecule has 1 aromatic carbocycles. The Morgan fingerprint density at radius 3 is 2.43 bits per heavy atom. The van der Waals surface area contributed by atoms with Crippen LogP contribution in [-0.4, -0.2) is 11.1 Å². The Balaban J connectivity index is 3.20. The minimum atomic E-state index is -3.01. The molecule has 76 valence electrons. The number of alkyl halides is 2. The van der Waals surface area contributed by atoms with Crippen LogP contribution < -0.4 is 5.73 Å². The van der Waals surface area contributed by atoms with E-state index in [1.54, 1.807) is 0 Å². The lowest BCUT2D eigenvalue weighted by Gasteiger charge is -2.11. The molecule has 0 spiro atoms. The fourth-order valence-corrected chi connectivity index (χ4v) is 1.03. The van der Waals surface area contributed by atoms with E-state index in [0.29, 0.717) is 0 Å². The highest BCUT2D eigenvalue weighted by Gasteiger charge is 2.25. The molecule has 0 amide bonds. The van der Waals surface area contributed by atoms with E-state index in [2.05, 4.69) is 0 Å². The summed E-state index contributed by atoms with van der Waals surface area (Å²) in [6, 6.07) is 3.10. The van der Waals surface area contributed by atoms with Crippen molar-refractivity contribution in [1.82, 2.24) is 0 Å². The zero-order valence-corrected chi connectivity index (χ0v) is 7.42. The van der Waals surface area contributed by atoms with Gasteiger partial charge in [0.05, 0.1) is 5.56 Å². The van der Waals surface area contributed by atoms with Crippen molar-refractivity contribution in [2.75, 3.05) is 5.73 Å². The number of hydrogen-bond acceptors (Lipinski definition) is 2. The van der Waals surface area contributed by atoms with Crippen molar-refractivity contribution in [3.63, 3.8) is 0 Å². The third-order valence-electron chi connectivity index (χ3n) is 1.79. The van der Waals surface area contributed by atoms with E-state index >= 15 is 0 Å². The Morgan fingerprint density at radius 1 is 1.50 bits per heavy atom. The first-order chi connectivity index (χ1) is 6.32. The van der Waals surface area contributed by atoms with E-state index in [1.807, 2.05) is 0 Å². The first-order valence-electron chi connectivity index (χ1n) is 3.83. The molecule has 0 unspecified atom stereocenters. The quantitative estimate of drug-likeness (QED) is 0.720. The molecular weight excluding hydrogens is 192 g/mol. The van der Waals surface area contributed by atoms with Crippen LogP contribution in [0.4, 0.5) is 14.5 Å². The monoisotopic (exact) mass is 201 g/mol. The Labute approximate surface area is 79.2 Å². The van der Waals surface area contributed by atoms with Gasteiger partial charge in [-0.25, -0.2) is 13.6 Å². The molecule has 0 saturated heterocycles. The van der Waals surface area contributed by atoms with Crippen LogP contribution in [0.5, 0.6) is 0 Å². The Hall–Kier alpha value is -1.65. The van der Waals surface area contributed by atoms with Gasteiger partial charge in [0.1, 0.15) is 0 Å². The summed E-state index contributed by atoms with van der Waals surface area (Å²) in [4.78, 5) is 10.5. The number of carboxylic acid groups (broad SMARTS) is 1. The molecule has 0 aliphatic rings. The number of benzene rings is 1. The predicted octanol–water partition coefficient (Wildman–Crippen LogP) is 2.08. The summed E-state index contributed by atoms with van der Waals surface area (Å²) in [5.41, 5.74) is 4.69. The number of halogens is 2. The maximum absolute atomic E-state index is 12.8. The molecule has 0 radical (unpaired) electrons. The van der Waals surface area contributed by atoms with Crippen molar-refractivity contribution in [3.8, 4) is 0 Å². The van der Waals surface area contributed by atoms with Crippen LogP contribution in [0.15, 0.2) is 18.2 Å². The van der Waals surface area contributed by atoms with Gasteiger partial charge in [-0.2, -0.15) is 0 Å². The lowest BCUT2D eigenvalue weighted by atomic mass is 10.1. The smallest absolute Gasteiger partial charge is 0.337 e. The van der Waals surface area contributed by atoms with Crippen molar-refractivity contribution in [2.45, 2.75) is 12.8 Å². The van der Waals surface area contributed by atoms with Gasteiger partial charge in [-0.3, -0.25) is 0 Å². The van der Waals surface area contributed by atoms with Gasteiger partial charge in [-0.05, 0) is 12.1 Å². The molecule has 0 saturated carbocycles. The van der Waals surface area contributed by atoms with Crippen LogP contribution in [0.1, 0.15) is 22.8 Å². The Bertz CT molecular complexity index is 372. The van der Waals surface area contributed by atoms with E-state index in [0.717, 1.165) is 25.1 Å². The molecule has 0 heterocycles. The van der Waals surface area contributed by atoms with E-state index < -0.39 is 11.9 Å². The second kappa shape index (κ2) is 3.25. The summed E-state index contributed by atoms with van der Waals surface area (Å²) in [6.07, 6.45) is 0. The highest BCUT2D eigenvalue weighted by molar-refractivity contribution is 5.93. The topological polar surface area (TPSA) is 63.3 Å². The van der Waals surface area contributed by atoms with Crippen molar-refractivity contribution < 1.29 is 18.7 Å². The van der Waals surface area contributed by atoms with Crippen molar-refractivity contribution >= 4 is 11.7 Å². The predicted molar refractivity (Wildman–Crippen MR) is 47.4 cm³/mol. The minimum absolute atomic E-state index is 0.156. The molecule has 3 nitrogen and oxygen atoms in total. The molecular formula is C9H9F2NO2. The molecule has 1 aromatic rings. The molecule has 0 aliphatic heterocycles. The summed E-state index contributed by atoms with van der Waals surface area (Å²) in [5.74, 6) is -4.24. The van der Waals surface area contributed by atoms with Crippen LogP contribution in [-0.2, 0) is 5.92 Å². The average molecular weight is 201 g/mol. The normalized spacial score (nSPS) is 11.4. The highest BCUT2D eigenvalue weighted by Crippen LogP contribution is 2.29. The van der Waals surface area contributed by atoms with Crippen LogP contribution in [0.3, 0.4) is 0 Å². The third-order valence-corrected chi connectivity index (χ3v) is 1.79. The number of carbonyl (C=O) groups is 1. The first kappa shape index (κ1) is 10.4. The number of rotatable bonds is 2. The summed E-state index contributed by atoms with van der Waals surface area (Å²) in [6.45, 7) is 0.724. The number of nitrogen functional groups attached to an aromatic ring is 1. The average Bonchev–Trinajstić information content (AvgIpc) is 2.01. The molecule has 0 aliphatic carbocycles. The van der Waals surface area contributed by atoms with Crippen LogP contribution in [0, 0.1) is 0 Å². The van der Waals surface area contributed by atoms with E-state index in [4.69, 9.17) is 10.8 Å². The van der Waals surface area contributed by atoms with Crippen molar-refractivity contribution in [3.05, 3.63) is 29.3 Å². The Morgan fingerprint density at radius 2 is 2.07 bits per heavy atom. The van der Waals surface area contributed by atoms with Gasteiger partial charge in [-0.1, -0.05) is 6.07 Å². The summed E-state index contributed by atoms with van der Waals surface area (Å²) in [5, 5.41) is 8.59. The number of carboxylic acids is 1. The highest BCUT2D eigenvalue weighted by atomic mass is 19.3. The molecule has 0 fully saturated rings. The first-order valence-corrected chi connectivity index (χ1v) is 3.83. The van der Waals surface area contributed by atoms with E-state index in [9.17, 15) is 13.6 Å².